The molecule has 0 fully saturated rings. The highest BCUT2D eigenvalue weighted by molar-refractivity contribution is 7.86. The first-order valence-corrected chi connectivity index (χ1v) is 12.2. The predicted molar refractivity (Wildman–Crippen MR) is 125 cm³/mol. The molecule has 3 aromatic rings. The number of hydrogen-bond donors (Lipinski definition) is 1. The van der Waals surface area contributed by atoms with Gasteiger partial charge in [0.15, 0.2) is 0 Å². The summed E-state index contributed by atoms with van der Waals surface area (Å²) in [6, 6.07) is 22.4. The zero-order chi connectivity index (χ0) is 24.6. The molecule has 2 atom stereocenters. The van der Waals surface area contributed by atoms with Crippen molar-refractivity contribution >= 4 is 22.1 Å². The summed E-state index contributed by atoms with van der Waals surface area (Å²) in [5.74, 6) is -2.62. The number of rotatable bonds is 10. The van der Waals surface area contributed by atoms with Crippen LogP contribution in [0.5, 0.6) is 5.75 Å². The van der Waals surface area contributed by atoms with Gasteiger partial charge in [-0.25, -0.2) is 0 Å². The van der Waals surface area contributed by atoms with Crippen molar-refractivity contribution in [2.75, 3.05) is 6.26 Å². The minimum Gasteiger partial charge on any atom is -0.460 e. The summed E-state index contributed by atoms with van der Waals surface area (Å²) in [5.41, 5.74) is 8.06. The molecule has 2 unspecified atom stereocenters. The quantitative estimate of drug-likeness (QED) is 0.345. The minimum atomic E-state index is -3.72. The molecule has 178 valence electrons. The zero-order valence-corrected chi connectivity index (χ0v) is 19.3. The molecule has 0 aliphatic carbocycles. The average molecular weight is 484 g/mol. The Morgan fingerprint density at radius 1 is 0.765 bits per heavy atom. The first kappa shape index (κ1) is 24.9. The van der Waals surface area contributed by atoms with Gasteiger partial charge in [0, 0.05) is 0 Å². The van der Waals surface area contributed by atoms with Gasteiger partial charge in [-0.2, -0.15) is 8.42 Å². The second kappa shape index (κ2) is 11.4. The highest BCUT2D eigenvalue weighted by Gasteiger charge is 2.35. The molecule has 0 aromatic heterocycles. The van der Waals surface area contributed by atoms with Crippen molar-refractivity contribution in [2.24, 2.45) is 5.73 Å². The Bertz CT molecular complexity index is 1200. The van der Waals surface area contributed by atoms with E-state index in [2.05, 4.69) is 0 Å². The van der Waals surface area contributed by atoms with Gasteiger partial charge in [-0.1, -0.05) is 72.8 Å². The Morgan fingerprint density at radius 2 is 1.24 bits per heavy atom. The molecule has 0 saturated carbocycles. The number of ether oxygens (including phenoxy) is 2. The molecule has 0 radical (unpaired) electrons. The van der Waals surface area contributed by atoms with Crippen molar-refractivity contribution < 1.29 is 31.7 Å². The molecule has 8 nitrogen and oxygen atoms in total. The molecular formula is C25H25NO7S. The fraction of sp³-hybridized carbons (Fsp3) is 0.200. The Hall–Kier alpha value is -3.69. The summed E-state index contributed by atoms with van der Waals surface area (Å²) in [4.78, 5) is 25.7. The normalized spacial score (nSPS) is 12.9. The Morgan fingerprint density at radius 3 is 1.71 bits per heavy atom. The van der Waals surface area contributed by atoms with Gasteiger partial charge in [-0.05, 0) is 28.8 Å². The molecule has 3 aromatic carbocycles. The molecule has 0 bridgehead atoms. The first-order valence-electron chi connectivity index (χ1n) is 10.4. The van der Waals surface area contributed by atoms with Crippen LogP contribution in [0.4, 0.5) is 0 Å². The van der Waals surface area contributed by atoms with Crippen LogP contribution in [0, 0.1) is 0 Å². The van der Waals surface area contributed by atoms with E-state index < -0.39 is 34.0 Å². The predicted octanol–water partition coefficient (Wildman–Crippen LogP) is 2.92. The zero-order valence-electron chi connectivity index (χ0n) is 18.5. The molecule has 0 aliphatic rings. The van der Waals surface area contributed by atoms with E-state index in [1.54, 1.807) is 24.3 Å². The lowest BCUT2D eigenvalue weighted by Gasteiger charge is -2.22. The van der Waals surface area contributed by atoms with Crippen molar-refractivity contribution in [3.05, 3.63) is 102 Å². The van der Waals surface area contributed by atoms with Gasteiger partial charge in [0.1, 0.15) is 30.9 Å². The van der Waals surface area contributed by atoms with E-state index in [0.717, 1.165) is 17.4 Å². The number of carbonyl (C=O) groups excluding carboxylic acids is 2. The number of benzene rings is 3. The summed E-state index contributed by atoms with van der Waals surface area (Å²) in [6.45, 7) is -0.00246. The maximum atomic E-state index is 13.0. The minimum absolute atomic E-state index is 0.000291. The number of nitrogens with two attached hydrogens (primary N) is 1. The summed E-state index contributed by atoms with van der Waals surface area (Å²) >= 11 is 0. The van der Waals surface area contributed by atoms with Crippen LogP contribution >= 0.6 is 0 Å². The smallest absolute Gasteiger partial charge is 0.324 e. The topological polar surface area (TPSA) is 122 Å². The monoisotopic (exact) mass is 483 g/mol. The highest BCUT2D eigenvalue weighted by Crippen LogP contribution is 2.25. The summed E-state index contributed by atoms with van der Waals surface area (Å²) in [5, 5.41) is 0. The van der Waals surface area contributed by atoms with Crippen LogP contribution < -0.4 is 9.92 Å². The molecule has 0 saturated heterocycles. The lowest BCUT2D eigenvalue weighted by Crippen LogP contribution is -2.42. The fourth-order valence-electron chi connectivity index (χ4n) is 3.18. The number of hydrogen-bond acceptors (Lipinski definition) is 8. The van der Waals surface area contributed by atoms with Gasteiger partial charge in [-0.3, -0.25) is 9.59 Å². The third-order valence-corrected chi connectivity index (χ3v) is 5.32. The Balaban J connectivity index is 1.78. The van der Waals surface area contributed by atoms with Gasteiger partial charge >= 0.3 is 22.1 Å². The van der Waals surface area contributed by atoms with Gasteiger partial charge in [0.2, 0.25) is 0 Å². The SMILES string of the molecule is CS(=O)(=O)Oc1ccc(C(C(=O)OCc2ccccc2)C(N)C(=O)OCc2ccccc2)cc1. The highest BCUT2D eigenvalue weighted by atomic mass is 32.2. The molecular weight excluding hydrogens is 458 g/mol. The summed E-state index contributed by atoms with van der Waals surface area (Å²) in [6.07, 6.45) is 0.920. The largest absolute Gasteiger partial charge is 0.460 e. The van der Waals surface area contributed by atoms with Gasteiger partial charge in [0.25, 0.3) is 0 Å². The van der Waals surface area contributed by atoms with E-state index in [1.165, 1.54) is 24.3 Å². The standard InChI is InChI=1S/C25H25NO7S/c1-34(29,30)33-21-14-12-20(13-15-21)22(24(27)31-16-18-8-4-2-5-9-18)23(26)25(28)32-17-19-10-6-3-7-11-19/h2-15,22-23H,16-17,26H2,1H3. The van der Waals surface area contributed by atoms with Gasteiger partial charge in [-0.15, -0.1) is 0 Å². The number of carbonyl (C=O) groups is 2. The maximum absolute atomic E-state index is 13.0. The molecule has 0 heterocycles. The van der Waals surface area contributed by atoms with Crippen molar-refractivity contribution in [2.45, 2.75) is 25.2 Å². The lowest BCUT2D eigenvalue weighted by atomic mass is 9.92. The molecule has 0 amide bonds. The van der Waals surface area contributed by atoms with Crippen molar-refractivity contribution in [1.82, 2.24) is 0 Å². The number of esters is 2. The average Bonchev–Trinajstić information content (AvgIpc) is 2.82. The van der Waals surface area contributed by atoms with Crippen molar-refractivity contribution in [3.63, 3.8) is 0 Å². The summed E-state index contributed by atoms with van der Waals surface area (Å²) in [7, 11) is -3.72. The van der Waals surface area contributed by atoms with E-state index >= 15 is 0 Å². The Labute approximate surface area is 198 Å². The summed E-state index contributed by atoms with van der Waals surface area (Å²) < 4.78 is 38.3. The van der Waals surface area contributed by atoms with Crippen LogP contribution in [0.1, 0.15) is 22.6 Å². The van der Waals surface area contributed by atoms with Crippen LogP contribution in [-0.4, -0.2) is 32.7 Å². The van der Waals surface area contributed by atoms with Crippen molar-refractivity contribution in [1.29, 1.82) is 0 Å². The van der Waals surface area contributed by atoms with Crippen LogP contribution in [0.2, 0.25) is 0 Å². The first-order chi connectivity index (χ1) is 16.2. The van der Waals surface area contributed by atoms with Crippen LogP contribution in [-0.2, 0) is 42.4 Å². The molecule has 2 N–H and O–H groups in total. The second-order valence-corrected chi connectivity index (χ2v) is 9.12. The van der Waals surface area contributed by atoms with Crippen LogP contribution in [0.25, 0.3) is 0 Å². The van der Waals surface area contributed by atoms with Gasteiger partial charge < -0.3 is 19.4 Å². The van der Waals surface area contributed by atoms with Crippen LogP contribution in [0.15, 0.2) is 84.9 Å². The third kappa shape index (κ3) is 7.43. The van der Waals surface area contributed by atoms with E-state index in [1.807, 2.05) is 36.4 Å². The second-order valence-electron chi connectivity index (χ2n) is 7.55. The Kier molecular flexibility index (Phi) is 8.39. The maximum Gasteiger partial charge on any atom is 0.324 e. The molecule has 0 spiro atoms. The van der Waals surface area contributed by atoms with Crippen LogP contribution in [0.3, 0.4) is 0 Å². The molecule has 34 heavy (non-hydrogen) atoms. The lowest BCUT2D eigenvalue weighted by molar-refractivity contribution is -0.155. The van der Waals surface area contributed by atoms with E-state index in [0.29, 0.717) is 5.56 Å². The molecule has 3 rings (SSSR count). The van der Waals surface area contributed by atoms with Gasteiger partial charge in [0.05, 0.1) is 6.26 Å². The van der Waals surface area contributed by atoms with E-state index in [4.69, 9.17) is 19.4 Å². The molecule has 9 heteroatoms. The molecule has 0 aliphatic heterocycles. The third-order valence-electron chi connectivity index (χ3n) is 4.82. The van der Waals surface area contributed by atoms with E-state index in [-0.39, 0.29) is 19.0 Å². The van der Waals surface area contributed by atoms with Crippen molar-refractivity contribution in [3.8, 4) is 5.75 Å². The van der Waals surface area contributed by atoms with E-state index in [9.17, 15) is 18.0 Å². The fourth-order valence-corrected chi connectivity index (χ4v) is 3.64.